The predicted molar refractivity (Wildman–Crippen MR) is 169 cm³/mol. The normalized spacial score (nSPS) is 15.7. The second-order valence-corrected chi connectivity index (χ2v) is 12.3. The van der Waals surface area contributed by atoms with Crippen molar-refractivity contribution in [3.63, 3.8) is 0 Å². The van der Waals surface area contributed by atoms with Crippen LogP contribution in [0.5, 0.6) is 5.75 Å². The average molecular weight is 571 g/mol. The molecule has 41 heavy (non-hydrogen) atoms. The Bertz CT molecular complexity index is 1540. The van der Waals surface area contributed by atoms with Crippen LogP contribution in [0.4, 0.5) is 17.5 Å². The molecule has 1 aliphatic rings. The number of rotatable bonds is 11. The number of hydrogen-bond donors (Lipinski definition) is 3. The van der Waals surface area contributed by atoms with Crippen LogP contribution in [-0.4, -0.2) is 51.2 Å². The Balaban J connectivity index is 1.31. The summed E-state index contributed by atoms with van der Waals surface area (Å²) in [6.45, 7) is 6.58. The molecule has 4 N–H and O–H groups in total. The zero-order chi connectivity index (χ0) is 28.7. The highest BCUT2D eigenvalue weighted by Crippen LogP contribution is 2.30. The minimum atomic E-state index is -2.83. The van der Waals surface area contributed by atoms with Gasteiger partial charge in [-0.2, -0.15) is 4.98 Å². The lowest BCUT2D eigenvalue weighted by molar-refractivity contribution is 0.182. The monoisotopic (exact) mass is 570 g/mol. The van der Waals surface area contributed by atoms with Crippen LogP contribution in [-0.2, 0) is 16.3 Å². The molecule has 0 amide bonds. The van der Waals surface area contributed by atoms with Gasteiger partial charge in [0.25, 0.3) is 0 Å². The van der Waals surface area contributed by atoms with Crippen molar-refractivity contribution in [2.75, 3.05) is 36.9 Å². The van der Waals surface area contributed by atoms with Crippen molar-refractivity contribution in [1.82, 2.24) is 14.9 Å². The molecule has 1 atom stereocenters. The second kappa shape index (κ2) is 13.2. The Labute approximate surface area is 243 Å². The van der Waals surface area contributed by atoms with Crippen molar-refractivity contribution in [3.05, 3.63) is 90.6 Å². The van der Waals surface area contributed by atoms with E-state index < -0.39 is 9.71 Å². The SMILES string of the molecule is C=S(N)(=O)c1cccc(Nc2ncc(-c3ccc(OCC)cc3)c(NCC3CCN(Cc4ccccc4)CC3)n2)c1. The summed E-state index contributed by atoms with van der Waals surface area (Å²) >= 11 is 0. The minimum Gasteiger partial charge on any atom is -0.494 e. The quantitative estimate of drug-likeness (QED) is 0.203. The standard InChI is InChI=1S/C32H38N6O2S/c1-3-40-28-14-12-26(13-15-28)30-22-35-32(36-27-10-7-11-29(20-27)41(2,33)39)37-31(30)34-21-24-16-18-38(19-17-24)23-25-8-5-4-6-9-25/h4-15,20,22,24H,2-3,16-19,21,23H2,1H3,(H2,33,39)(H2,34,35,36,37). The van der Waals surface area contributed by atoms with Gasteiger partial charge in [-0.15, -0.1) is 0 Å². The number of ether oxygens (including phenoxy) is 1. The Morgan fingerprint density at radius 3 is 2.51 bits per heavy atom. The van der Waals surface area contributed by atoms with E-state index in [0.717, 1.165) is 61.7 Å². The molecular formula is C32H38N6O2S. The van der Waals surface area contributed by atoms with Crippen molar-refractivity contribution >= 4 is 33.0 Å². The third-order valence-corrected chi connectivity index (χ3v) is 8.32. The van der Waals surface area contributed by atoms with Crippen molar-refractivity contribution in [2.45, 2.75) is 31.2 Å². The van der Waals surface area contributed by atoms with Gasteiger partial charge in [0.1, 0.15) is 11.6 Å². The number of piperidine rings is 1. The van der Waals surface area contributed by atoms with Gasteiger partial charge >= 0.3 is 0 Å². The molecule has 0 aliphatic carbocycles. The molecule has 9 heteroatoms. The zero-order valence-corrected chi connectivity index (χ0v) is 24.3. The van der Waals surface area contributed by atoms with Crippen LogP contribution in [0.2, 0.25) is 0 Å². The third-order valence-electron chi connectivity index (χ3n) is 7.27. The highest BCUT2D eigenvalue weighted by atomic mass is 32.2. The molecule has 3 aromatic carbocycles. The van der Waals surface area contributed by atoms with E-state index in [-0.39, 0.29) is 0 Å². The summed E-state index contributed by atoms with van der Waals surface area (Å²) in [4.78, 5) is 12.4. The molecule has 0 saturated carbocycles. The van der Waals surface area contributed by atoms with E-state index in [2.05, 4.69) is 56.7 Å². The van der Waals surface area contributed by atoms with Crippen molar-refractivity contribution in [2.24, 2.45) is 11.1 Å². The summed E-state index contributed by atoms with van der Waals surface area (Å²) in [6.07, 6.45) is 4.09. The first-order valence-electron chi connectivity index (χ1n) is 14.0. The van der Waals surface area contributed by atoms with E-state index in [1.54, 1.807) is 18.2 Å². The molecule has 0 radical (unpaired) electrons. The number of anilines is 3. The van der Waals surface area contributed by atoms with Gasteiger partial charge in [-0.1, -0.05) is 48.5 Å². The number of nitrogens with zero attached hydrogens (tertiary/aromatic N) is 3. The topological polar surface area (TPSA) is 105 Å². The van der Waals surface area contributed by atoms with Gasteiger partial charge in [-0.05, 0) is 86.1 Å². The highest BCUT2D eigenvalue weighted by Gasteiger charge is 2.20. The molecule has 0 bridgehead atoms. The Kier molecular flexibility index (Phi) is 9.18. The van der Waals surface area contributed by atoms with E-state index in [9.17, 15) is 4.21 Å². The molecule has 1 aromatic heterocycles. The van der Waals surface area contributed by atoms with E-state index in [4.69, 9.17) is 14.9 Å². The van der Waals surface area contributed by atoms with Gasteiger partial charge in [0.05, 0.1) is 16.3 Å². The second-order valence-electron chi connectivity index (χ2n) is 10.4. The van der Waals surface area contributed by atoms with Gasteiger partial charge in [0.2, 0.25) is 5.95 Å². The molecule has 2 heterocycles. The molecule has 4 aromatic rings. The average Bonchev–Trinajstić information content (AvgIpc) is 2.98. The largest absolute Gasteiger partial charge is 0.494 e. The zero-order valence-electron chi connectivity index (χ0n) is 23.5. The van der Waals surface area contributed by atoms with E-state index >= 15 is 0 Å². The Morgan fingerprint density at radius 1 is 1.05 bits per heavy atom. The molecule has 214 valence electrons. The summed E-state index contributed by atoms with van der Waals surface area (Å²) < 4.78 is 17.9. The fraction of sp³-hybridized carbons (Fsp3) is 0.281. The maximum Gasteiger partial charge on any atom is 0.229 e. The van der Waals surface area contributed by atoms with Crippen molar-refractivity contribution in [1.29, 1.82) is 0 Å². The maximum absolute atomic E-state index is 12.2. The lowest BCUT2D eigenvalue weighted by Crippen LogP contribution is -2.35. The molecule has 1 saturated heterocycles. The van der Waals surface area contributed by atoms with Gasteiger partial charge in [0.15, 0.2) is 0 Å². The predicted octanol–water partition coefficient (Wildman–Crippen LogP) is 5.56. The molecule has 0 spiro atoms. The number of likely N-dealkylation sites (tertiary alicyclic amines) is 1. The first-order chi connectivity index (χ1) is 19.9. The summed E-state index contributed by atoms with van der Waals surface area (Å²) in [5, 5.41) is 12.6. The van der Waals surface area contributed by atoms with Crippen LogP contribution in [0.3, 0.4) is 0 Å². The number of hydrogen-bond acceptors (Lipinski definition) is 7. The first-order valence-corrected chi connectivity index (χ1v) is 15.8. The summed E-state index contributed by atoms with van der Waals surface area (Å²) in [5.74, 6) is 6.15. The number of benzene rings is 3. The number of aromatic nitrogens is 2. The lowest BCUT2D eigenvalue weighted by Gasteiger charge is -2.32. The molecule has 5 rings (SSSR count). The van der Waals surface area contributed by atoms with Gasteiger partial charge in [0, 0.05) is 35.4 Å². The Hall–Kier alpha value is -3.92. The summed E-state index contributed by atoms with van der Waals surface area (Å²) in [6, 6.07) is 25.7. The Morgan fingerprint density at radius 2 is 1.80 bits per heavy atom. The van der Waals surface area contributed by atoms with Gasteiger partial charge < -0.3 is 15.4 Å². The molecule has 1 unspecified atom stereocenters. The summed E-state index contributed by atoms with van der Waals surface area (Å²) in [5.41, 5.74) is 3.97. The van der Waals surface area contributed by atoms with Crippen LogP contribution < -0.4 is 20.5 Å². The van der Waals surface area contributed by atoms with E-state index in [1.807, 2.05) is 43.5 Å². The number of nitrogens with one attached hydrogen (secondary N) is 2. The fourth-order valence-electron chi connectivity index (χ4n) is 5.03. The lowest BCUT2D eigenvalue weighted by atomic mass is 9.96. The molecule has 8 nitrogen and oxygen atoms in total. The van der Waals surface area contributed by atoms with Gasteiger partial charge in [-0.3, -0.25) is 10.0 Å². The van der Waals surface area contributed by atoms with Crippen LogP contribution in [0.25, 0.3) is 11.1 Å². The van der Waals surface area contributed by atoms with Crippen molar-refractivity contribution < 1.29 is 8.95 Å². The maximum atomic E-state index is 12.2. The smallest absolute Gasteiger partial charge is 0.229 e. The molecule has 1 fully saturated rings. The summed E-state index contributed by atoms with van der Waals surface area (Å²) in [7, 11) is -2.83. The van der Waals surface area contributed by atoms with Crippen LogP contribution in [0.1, 0.15) is 25.3 Å². The fourth-order valence-corrected chi connectivity index (χ4v) is 5.67. The van der Waals surface area contributed by atoms with Crippen LogP contribution >= 0.6 is 0 Å². The van der Waals surface area contributed by atoms with Crippen LogP contribution in [0, 0.1) is 5.92 Å². The first kappa shape index (κ1) is 28.6. The van der Waals surface area contributed by atoms with Gasteiger partial charge in [-0.25, -0.2) is 9.19 Å². The van der Waals surface area contributed by atoms with Crippen molar-refractivity contribution in [3.8, 4) is 16.9 Å². The third kappa shape index (κ3) is 7.85. The molecule has 1 aliphatic heterocycles. The minimum absolute atomic E-state index is 0.435. The molecular weight excluding hydrogens is 532 g/mol. The van der Waals surface area contributed by atoms with E-state index in [0.29, 0.717) is 29.1 Å². The number of nitrogens with two attached hydrogens (primary N) is 1. The van der Waals surface area contributed by atoms with Crippen LogP contribution in [0.15, 0.2) is 90.0 Å². The highest BCUT2D eigenvalue weighted by molar-refractivity contribution is 7.98. The van der Waals surface area contributed by atoms with E-state index in [1.165, 1.54) is 5.56 Å².